The maximum atomic E-state index is 11.5. The molecular weight excluding hydrogens is 210 g/mol. The van der Waals surface area contributed by atoms with Gasteiger partial charge >= 0.3 is 5.97 Å². The average molecular weight is 229 g/mol. The predicted molar refractivity (Wildman–Crippen MR) is 57.9 cm³/mol. The molecule has 0 aromatic rings. The Labute approximate surface area is 95.1 Å². The number of nitrogens with zero attached hydrogens (tertiary/aromatic N) is 1. The van der Waals surface area contributed by atoms with E-state index in [-0.39, 0.29) is 25.4 Å². The third-order valence-electron chi connectivity index (χ3n) is 2.88. The molecule has 0 bridgehead atoms. The fourth-order valence-electron chi connectivity index (χ4n) is 2.12. The lowest BCUT2D eigenvalue weighted by Crippen LogP contribution is -2.41. The number of carbonyl (C=O) groups excluding carboxylic acids is 1. The molecular formula is C11H19NO4. The number of aliphatic carboxylic acids is 1. The highest BCUT2D eigenvalue weighted by Crippen LogP contribution is 2.22. The number of hydrogen-bond donors (Lipinski definition) is 2. The molecule has 92 valence electrons. The van der Waals surface area contributed by atoms with Gasteiger partial charge in [-0.3, -0.25) is 9.59 Å². The van der Waals surface area contributed by atoms with Crippen LogP contribution in [0.4, 0.5) is 0 Å². The first-order valence-electron chi connectivity index (χ1n) is 5.58. The molecule has 0 aliphatic carbocycles. The number of β-amino-alcohol motifs (C(OH)–C–C–N with tert-alkyl or cyclic N) is 1. The van der Waals surface area contributed by atoms with E-state index in [1.807, 2.05) is 6.92 Å². The Morgan fingerprint density at radius 2 is 2.25 bits per heavy atom. The second-order valence-electron chi connectivity index (χ2n) is 4.76. The van der Waals surface area contributed by atoms with Gasteiger partial charge in [0.05, 0.1) is 11.5 Å². The summed E-state index contributed by atoms with van der Waals surface area (Å²) in [6.45, 7) is 4.08. The Morgan fingerprint density at radius 1 is 1.62 bits per heavy atom. The molecule has 5 heteroatoms. The molecule has 5 nitrogen and oxygen atoms in total. The highest BCUT2D eigenvalue weighted by atomic mass is 16.4. The monoisotopic (exact) mass is 229 g/mol. The van der Waals surface area contributed by atoms with E-state index in [1.54, 1.807) is 6.92 Å². The maximum Gasteiger partial charge on any atom is 0.308 e. The molecule has 0 aromatic carbocycles. The van der Waals surface area contributed by atoms with Crippen LogP contribution in [0.3, 0.4) is 0 Å². The number of carbonyl (C=O) groups is 2. The average Bonchev–Trinajstić information content (AvgIpc) is 2.47. The molecule has 2 unspecified atom stereocenters. The first kappa shape index (κ1) is 13.0. The summed E-state index contributed by atoms with van der Waals surface area (Å²) in [4.78, 5) is 23.7. The first-order chi connectivity index (χ1) is 7.35. The van der Waals surface area contributed by atoms with Gasteiger partial charge in [-0.2, -0.15) is 0 Å². The number of rotatable bonds is 5. The molecule has 1 saturated heterocycles. The Bertz CT molecular complexity index is 288. The molecule has 2 N–H and O–H groups in total. The summed E-state index contributed by atoms with van der Waals surface area (Å²) in [5, 5.41) is 18.8. The fraction of sp³-hybridized carbons (Fsp3) is 0.818. The van der Waals surface area contributed by atoms with Crippen LogP contribution < -0.4 is 0 Å². The Morgan fingerprint density at radius 3 is 2.69 bits per heavy atom. The largest absolute Gasteiger partial charge is 0.481 e. The van der Waals surface area contributed by atoms with Crippen molar-refractivity contribution in [3.63, 3.8) is 0 Å². The van der Waals surface area contributed by atoms with Gasteiger partial charge in [-0.15, -0.1) is 0 Å². The summed E-state index contributed by atoms with van der Waals surface area (Å²) >= 11 is 0. The molecule has 2 atom stereocenters. The van der Waals surface area contributed by atoms with Gasteiger partial charge in [0, 0.05) is 19.5 Å². The first-order valence-corrected chi connectivity index (χ1v) is 5.58. The molecule has 1 fully saturated rings. The summed E-state index contributed by atoms with van der Waals surface area (Å²) in [5.41, 5.74) is -0.919. The van der Waals surface area contributed by atoms with Crippen LogP contribution in [-0.2, 0) is 9.59 Å². The van der Waals surface area contributed by atoms with Crippen LogP contribution >= 0.6 is 0 Å². The summed E-state index contributed by atoms with van der Waals surface area (Å²) in [6, 6.07) is 0. The molecule has 0 saturated carbocycles. The molecule has 0 spiro atoms. The van der Waals surface area contributed by atoms with E-state index in [0.29, 0.717) is 6.42 Å². The SMILES string of the molecule is CCCC(C)(O)CN1CC(C(=O)O)CC1=O. The lowest BCUT2D eigenvalue weighted by atomic mass is 10.0. The molecule has 1 heterocycles. The van der Waals surface area contributed by atoms with Crippen LogP contribution in [0.2, 0.25) is 0 Å². The Hall–Kier alpha value is -1.10. The van der Waals surface area contributed by atoms with Crippen LogP contribution in [0.15, 0.2) is 0 Å². The maximum absolute atomic E-state index is 11.5. The topological polar surface area (TPSA) is 77.8 Å². The van der Waals surface area contributed by atoms with Gasteiger partial charge < -0.3 is 15.1 Å². The smallest absolute Gasteiger partial charge is 0.308 e. The van der Waals surface area contributed by atoms with Gasteiger partial charge in [-0.25, -0.2) is 0 Å². The van der Waals surface area contributed by atoms with Crippen LogP contribution in [0.5, 0.6) is 0 Å². The van der Waals surface area contributed by atoms with Crippen molar-refractivity contribution in [1.29, 1.82) is 0 Å². The van der Waals surface area contributed by atoms with E-state index >= 15 is 0 Å². The van der Waals surface area contributed by atoms with E-state index in [9.17, 15) is 14.7 Å². The van der Waals surface area contributed by atoms with Crippen molar-refractivity contribution in [2.45, 2.75) is 38.7 Å². The normalized spacial score (nSPS) is 24.6. The van der Waals surface area contributed by atoms with Gasteiger partial charge in [0.1, 0.15) is 0 Å². The highest BCUT2D eigenvalue weighted by molar-refractivity contribution is 5.86. The third kappa shape index (κ3) is 3.20. The Kier molecular flexibility index (Phi) is 3.91. The van der Waals surface area contributed by atoms with Crippen molar-refractivity contribution in [3.05, 3.63) is 0 Å². The number of aliphatic hydroxyl groups is 1. The van der Waals surface area contributed by atoms with E-state index in [2.05, 4.69) is 0 Å². The van der Waals surface area contributed by atoms with Crippen LogP contribution in [0.1, 0.15) is 33.1 Å². The molecule has 1 aliphatic rings. The number of likely N-dealkylation sites (tertiary alicyclic amines) is 1. The van der Waals surface area contributed by atoms with Crippen LogP contribution in [0.25, 0.3) is 0 Å². The zero-order valence-electron chi connectivity index (χ0n) is 9.77. The summed E-state index contributed by atoms with van der Waals surface area (Å²) in [6.07, 6.45) is 1.49. The zero-order valence-corrected chi connectivity index (χ0v) is 9.77. The van der Waals surface area contributed by atoms with Gasteiger partial charge in [0.2, 0.25) is 5.91 Å². The van der Waals surface area contributed by atoms with E-state index in [1.165, 1.54) is 4.90 Å². The quantitative estimate of drug-likeness (QED) is 0.718. The molecule has 1 amide bonds. The minimum absolute atomic E-state index is 0.0531. The van der Waals surface area contributed by atoms with E-state index < -0.39 is 17.5 Å². The molecule has 1 rings (SSSR count). The van der Waals surface area contributed by atoms with Gasteiger partial charge in [-0.05, 0) is 13.3 Å². The molecule has 1 aliphatic heterocycles. The van der Waals surface area contributed by atoms with E-state index in [0.717, 1.165) is 6.42 Å². The second-order valence-corrected chi connectivity index (χ2v) is 4.76. The molecule has 0 radical (unpaired) electrons. The second kappa shape index (κ2) is 4.82. The number of carboxylic acids is 1. The summed E-state index contributed by atoms with van der Waals surface area (Å²) in [7, 11) is 0. The highest BCUT2D eigenvalue weighted by Gasteiger charge is 2.37. The summed E-state index contributed by atoms with van der Waals surface area (Å²) < 4.78 is 0. The third-order valence-corrected chi connectivity index (χ3v) is 2.88. The van der Waals surface area contributed by atoms with Crippen molar-refractivity contribution >= 4 is 11.9 Å². The standard InChI is InChI=1S/C11H19NO4/c1-3-4-11(2,16)7-12-6-8(10(14)15)5-9(12)13/h8,16H,3-7H2,1-2H3,(H,14,15). The number of carboxylic acid groups (broad SMARTS) is 1. The fourth-order valence-corrected chi connectivity index (χ4v) is 2.12. The van der Waals surface area contributed by atoms with Gasteiger partial charge in [0.15, 0.2) is 0 Å². The van der Waals surface area contributed by atoms with Crippen LogP contribution in [0, 0.1) is 5.92 Å². The Balaban J connectivity index is 2.56. The van der Waals surface area contributed by atoms with Crippen LogP contribution in [-0.4, -0.2) is 45.7 Å². The number of hydrogen-bond acceptors (Lipinski definition) is 3. The van der Waals surface area contributed by atoms with Gasteiger partial charge in [-0.1, -0.05) is 13.3 Å². The zero-order chi connectivity index (χ0) is 12.3. The molecule has 16 heavy (non-hydrogen) atoms. The van der Waals surface area contributed by atoms with Crippen molar-refractivity contribution in [2.75, 3.05) is 13.1 Å². The predicted octanol–water partition coefficient (Wildman–Crippen LogP) is 0.471. The lowest BCUT2D eigenvalue weighted by molar-refractivity contribution is -0.141. The van der Waals surface area contributed by atoms with Crippen molar-refractivity contribution in [1.82, 2.24) is 4.90 Å². The van der Waals surface area contributed by atoms with Gasteiger partial charge in [0.25, 0.3) is 0 Å². The minimum atomic E-state index is -0.939. The van der Waals surface area contributed by atoms with Crippen molar-refractivity contribution in [3.8, 4) is 0 Å². The summed E-state index contributed by atoms with van der Waals surface area (Å²) in [5.74, 6) is -1.74. The van der Waals surface area contributed by atoms with Crippen molar-refractivity contribution < 1.29 is 19.8 Å². The van der Waals surface area contributed by atoms with Crippen molar-refractivity contribution in [2.24, 2.45) is 5.92 Å². The minimum Gasteiger partial charge on any atom is -0.481 e. The lowest BCUT2D eigenvalue weighted by Gasteiger charge is -2.28. The molecule has 0 aromatic heterocycles. The number of amides is 1. The van der Waals surface area contributed by atoms with E-state index in [4.69, 9.17) is 5.11 Å².